The predicted molar refractivity (Wildman–Crippen MR) is 76.1 cm³/mol. The first-order valence-corrected chi connectivity index (χ1v) is 7.53. The molecule has 4 aliphatic carbocycles. The van der Waals surface area contributed by atoms with Gasteiger partial charge in [-0.05, 0) is 56.3 Å². The van der Waals surface area contributed by atoms with E-state index in [1.54, 1.807) is 6.33 Å². The summed E-state index contributed by atoms with van der Waals surface area (Å²) in [5.41, 5.74) is 0.327. The van der Waals surface area contributed by atoms with E-state index in [1.807, 2.05) is 13.1 Å². The molecule has 4 fully saturated rings. The van der Waals surface area contributed by atoms with Crippen molar-refractivity contribution in [1.29, 1.82) is 0 Å². The Morgan fingerprint density at radius 3 is 2.16 bits per heavy atom. The van der Waals surface area contributed by atoms with E-state index >= 15 is 0 Å². The maximum Gasteiger partial charge on any atom is 0.131 e. The van der Waals surface area contributed by atoms with Gasteiger partial charge in [0.1, 0.15) is 18.0 Å². The summed E-state index contributed by atoms with van der Waals surface area (Å²) in [5, 5.41) is 6.85. The fourth-order valence-corrected chi connectivity index (χ4v) is 5.10. The lowest BCUT2D eigenvalue weighted by Crippen LogP contribution is -2.54. The minimum Gasteiger partial charge on any atom is -0.373 e. The molecule has 0 amide bonds. The molecule has 1 heterocycles. The number of hydrogen-bond donors (Lipinski definition) is 2. The minimum absolute atomic E-state index is 0.327. The number of aromatic nitrogens is 2. The highest BCUT2D eigenvalue weighted by molar-refractivity contribution is 5.48. The second-order valence-corrected chi connectivity index (χ2v) is 6.86. The van der Waals surface area contributed by atoms with Crippen LogP contribution >= 0.6 is 0 Å². The van der Waals surface area contributed by atoms with Crippen molar-refractivity contribution >= 4 is 11.6 Å². The summed E-state index contributed by atoms with van der Waals surface area (Å²) in [7, 11) is 1.90. The Morgan fingerprint density at radius 1 is 1.00 bits per heavy atom. The van der Waals surface area contributed by atoms with E-state index < -0.39 is 0 Å². The summed E-state index contributed by atoms with van der Waals surface area (Å²) < 4.78 is 0. The summed E-state index contributed by atoms with van der Waals surface area (Å²) in [4.78, 5) is 8.59. The van der Waals surface area contributed by atoms with E-state index in [-0.39, 0.29) is 0 Å². The molecule has 0 aromatic carbocycles. The van der Waals surface area contributed by atoms with E-state index in [0.29, 0.717) is 5.54 Å². The first kappa shape index (κ1) is 11.5. The van der Waals surface area contributed by atoms with Crippen molar-refractivity contribution < 1.29 is 0 Å². The maximum atomic E-state index is 4.40. The third kappa shape index (κ3) is 1.97. The third-order valence-electron chi connectivity index (χ3n) is 5.35. The predicted octanol–water partition coefficient (Wildman–Crippen LogP) is 2.90. The number of rotatable bonds is 3. The summed E-state index contributed by atoms with van der Waals surface area (Å²) in [6.07, 6.45) is 10.1. The molecule has 0 aliphatic heterocycles. The van der Waals surface area contributed by atoms with Crippen molar-refractivity contribution in [2.45, 2.75) is 44.1 Å². The summed E-state index contributed by atoms with van der Waals surface area (Å²) in [6, 6.07) is 2.03. The summed E-state index contributed by atoms with van der Waals surface area (Å²) in [6.45, 7) is 0. The number of hydrogen-bond acceptors (Lipinski definition) is 4. The molecule has 0 radical (unpaired) electrons. The van der Waals surface area contributed by atoms with Crippen molar-refractivity contribution in [3.8, 4) is 0 Å². The fourth-order valence-electron chi connectivity index (χ4n) is 5.10. The number of nitrogens with one attached hydrogen (secondary N) is 2. The Hall–Kier alpha value is -1.32. The largest absolute Gasteiger partial charge is 0.373 e. The highest BCUT2D eigenvalue weighted by Gasteiger charge is 2.51. The summed E-state index contributed by atoms with van der Waals surface area (Å²) >= 11 is 0. The Morgan fingerprint density at radius 2 is 1.58 bits per heavy atom. The molecule has 1 aromatic rings. The van der Waals surface area contributed by atoms with Crippen LogP contribution in [0.15, 0.2) is 12.4 Å². The van der Waals surface area contributed by atoms with Gasteiger partial charge in [0.2, 0.25) is 0 Å². The van der Waals surface area contributed by atoms with Gasteiger partial charge in [-0.2, -0.15) is 0 Å². The molecule has 4 saturated carbocycles. The van der Waals surface area contributed by atoms with Gasteiger partial charge >= 0.3 is 0 Å². The van der Waals surface area contributed by atoms with E-state index in [1.165, 1.54) is 38.5 Å². The quantitative estimate of drug-likeness (QED) is 0.875. The van der Waals surface area contributed by atoms with Gasteiger partial charge < -0.3 is 10.6 Å². The van der Waals surface area contributed by atoms with Gasteiger partial charge in [0.15, 0.2) is 0 Å². The molecule has 0 atom stereocenters. The zero-order chi connectivity index (χ0) is 12.9. The van der Waals surface area contributed by atoms with E-state index in [2.05, 4.69) is 20.6 Å². The van der Waals surface area contributed by atoms with Gasteiger partial charge in [-0.3, -0.25) is 0 Å². The van der Waals surface area contributed by atoms with Crippen LogP contribution in [0.3, 0.4) is 0 Å². The molecule has 4 aliphatic rings. The Balaban J connectivity index is 1.58. The van der Waals surface area contributed by atoms with Crippen LogP contribution in [-0.4, -0.2) is 22.6 Å². The lowest BCUT2D eigenvalue weighted by atomic mass is 9.53. The van der Waals surface area contributed by atoms with Crippen LogP contribution in [0, 0.1) is 17.8 Å². The van der Waals surface area contributed by atoms with Gasteiger partial charge in [0, 0.05) is 18.7 Å². The van der Waals surface area contributed by atoms with Gasteiger partial charge in [0.05, 0.1) is 0 Å². The van der Waals surface area contributed by atoms with Crippen LogP contribution in [-0.2, 0) is 0 Å². The van der Waals surface area contributed by atoms with Crippen LogP contribution in [0.4, 0.5) is 11.6 Å². The van der Waals surface area contributed by atoms with Crippen LogP contribution in [0.5, 0.6) is 0 Å². The molecule has 102 valence electrons. The molecule has 2 N–H and O–H groups in total. The van der Waals surface area contributed by atoms with Crippen LogP contribution in [0.1, 0.15) is 38.5 Å². The average molecular weight is 258 g/mol. The lowest BCUT2D eigenvalue weighted by Gasteiger charge is -2.57. The second kappa shape index (κ2) is 4.09. The zero-order valence-corrected chi connectivity index (χ0v) is 11.5. The molecule has 4 nitrogen and oxygen atoms in total. The van der Waals surface area contributed by atoms with Crippen LogP contribution in [0.2, 0.25) is 0 Å². The Labute approximate surface area is 114 Å². The molecule has 19 heavy (non-hydrogen) atoms. The molecule has 0 saturated heterocycles. The molecule has 1 aromatic heterocycles. The number of anilines is 2. The van der Waals surface area contributed by atoms with E-state index in [9.17, 15) is 0 Å². The molecule has 4 bridgehead atoms. The van der Waals surface area contributed by atoms with Gasteiger partial charge in [-0.25, -0.2) is 9.97 Å². The van der Waals surface area contributed by atoms with Crippen molar-refractivity contribution in [3.05, 3.63) is 12.4 Å². The zero-order valence-electron chi connectivity index (χ0n) is 11.5. The molecule has 0 spiro atoms. The first-order chi connectivity index (χ1) is 9.25. The van der Waals surface area contributed by atoms with Crippen molar-refractivity contribution in [2.75, 3.05) is 17.7 Å². The molecule has 5 rings (SSSR count). The highest BCUT2D eigenvalue weighted by atomic mass is 15.1. The van der Waals surface area contributed by atoms with Gasteiger partial charge in [-0.15, -0.1) is 0 Å². The van der Waals surface area contributed by atoms with E-state index in [0.717, 1.165) is 29.4 Å². The molecular formula is C15H22N4. The van der Waals surface area contributed by atoms with Crippen molar-refractivity contribution in [2.24, 2.45) is 17.8 Å². The van der Waals surface area contributed by atoms with Crippen molar-refractivity contribution in [3.63, 3.8) is 0 Å². The smallest absolute Gasteiger partial charge is 0.131 e. The highest BCUT2D eigenvalue weighted by Crippen LogP contribution is 2.56. The van der Waals surface area contributed by atoms with Gasteiger partial charge in [0.25, 0.3) is 0 Å². The monoisotopic (exact) mass is 258 g/mol. The Bertz CT molecular complexity index is 450. The average Bonchev–Trinajstić information content (AvgIpc) is 2.36. The van der Waals surface area contributed by atoms with Crippen LogP contribution < -0.4 is 10.6 Å². The molecule has 4 heteroatoms. The van der Waals surface area contributed by atoms with E-state index in [4.69, 9.17) is 0 Å². The third-order valence-corrected chi connectivity index (χ3v) is 5.35. The Kier molecular flexibility index (Phi) is 2.47. The first-order valence-electron chi connectivity index (χ1n) is 7.53. The molecular weight excluding hydrogens is 236 g/mol. The fraction of sp³-hybridized carbons (Fsp3) is 0.733. The SMILES string of the molecule is CNc1cc(NC23CC4CC(CC(C4)C2)C3)ncn1. The van der Waals surface area contributed by atoms with Gasteiger partial charge in [-0.1, -0.05) is 0 Å². The lowest BCUT2D eigenvalue weighted by molar-refractivity contribution is 0.0105. The standard InChI is InChI=1S/C15H22N4/c1-16-13-5-14(18-9-17-13)19-15-6-10-2-11(7-15)4-12(3-10)8-15/h5,9-12H,2-4,6-8H2,1H3,(H2,16,17,18,19). The van der Waals surface area contributed by atoms with Crippen molar-refractivity contribution in [1.82, 2.24) is 9.97 Å². The molecule has 0 unspecified atom stereocenters. The minimum atomic E-state index is 0.327. The van der Waals surface area contributed by atoms with Crippen LogP contribution in [0.25, 0.3) is 0 Å². The topological polar surface area (TPSA) is 49.8 Å². The second-order valence-electron chi connectivity index (χ2n) is 6.86. The number of nitrogens with zero attached hydrogens (tertiary/aromatic N) is 2. The normalized spacial score (nSPS) is 39.3. The maximum absolute atomic E-state index is 4.40. The summed E-state index contributed by atoms with van der Waals surface area (Å²) in [5.74, 6) is 4.77.